The molecule has 0 amide bonds. The second-order valence-electron chi connectivity index (χ2n) is 1.60. The molecule has 0 saturated heterocycles. The first-order valence-electron chi connectivity index (χ1n) is 2.09. The molecule has 5 heteroatoms. The van der Waals surface area contributed by atoms with Gasteiger partial charge in [0.2, 0.25) is 4.71 Å². The van der Waals surface area contributed by atoms with E-state index in [9.17, 15) is 13.2 Å². The Hall–Kier alpha value is -0.0900. The Morgan fingerprint density at radius 2 is 1.78 bits per heavy atom. The van der Waals surface area contributed by atoms with Crippen molar-refractivity contribution < 1.29 is 13.2 Å². The van der Waals surface area contributed by atoms with Crippen LogP contribution in [-0.2, 0) is 14.6 Å². The van der Waals surface area contributed by atoms with Gasteiger partial charge < -0.3 is 0 Å². The number of carbonyl (C=O) groups is 1. The molecule has 0 aromatic heterocycles. The Balaban J connectivity index is 4.43. The third-order valence-corrected chi connectivity index (χ3v) is 2.65. The van der Waals surface area contributed by atoms with Crippen molar-refractivity contribution in [3.63, 3.8) is 0 Å². The lowest BCUT2D eigenvalue weighted by atomic mass is 10.5. The Kier molecular flexibility index (Phi) is 2.64. The minimum Gasteiger partial charge on any atom is -0.297 e. The molecule has 1 radical (unpaired) electrons. The molecule has 0 fully saturated rings. The first kappa shape index (κ1) is 8.91. The second-order valence-corrected chi connectivity index (χ2v) is 4.16. The van der Waals surface area contributed by atoms with Crippen molar-refractivity contribution in [1.29, 1.82) is 0 Å². The summed E-state index contributed by atoms with van der Waals surface area (Å²) < 4.78 is 20.2. The van der Waals surface area contributed by atoms with Gasteiger partial charge >= 0.3 is 0 Å². The molecule has 0 atom stereocenters. The monoisotopic (exact) mass is 169 g/mol. The lowest BCUT2D eigenvalue weighted by molar-refractivity contribution is -0.113. The zero-order chi connectivity index (χ0) is 7.65. The highest BCUT2D eigenvalue weighted by Crippen LogP contribution is 2.14. The molecule has 0 aliphatic rings. The van der Waals surface area contributed by atoms with Crippen LogP contribution < -0.4 is 0 Å². The summed E-state index contributed by atoms with van der Waals surface area (Å²) in [6.45, 7) is 1.10. The summed E-state index contributed by atoms with van der Waals surface area (Å²) in [7, 11) is -3.47. The van der Waals surface area contributed by atoms with E-state index in [1.165, 1.54) is 0 Å². The van der Waals surface area contributed by atoms with E-state index < -0.39 is 20.3 Å². The quantitative estimate of drug-likeness (QED) is 0.600. The van der Waals surface area contributed by atoms with Gasteiger partial charge in [-0.15, -0.1) is 0 Å². The molecule has 0 N–H and O–H groups in total. The molecule has 9 heavy (non-hydrogen) atoms. The van der Waals surface area contributed by atoms with Crippen LogP contribution in [0.15, 0.2) is 0 Å². The van der Waals surface area contributed by atoms with Crippen LogP contribution in [0.3, 0.4) is 0 Å². The first-order valence-corrected chi connectivity index (χ1v) is 4.36. The van der Waals surface area contributed by atoms with Crippen molar-refractivity contribution in [2.24, 2.45) is 0 Å². The van der Waals surface area contributed by atoms with Crippen LogP contribution in [0, 0.1) is 4.71 Å². The molecule has 0 spiro atoms. The summed E-state index contributed by atoms with van der Waals surface area (Å²) in [5.41, 5.74) is 0. The molecule has 0 heterocycles. The second kappa shape index (κ2) is 2.66. The summed E-state index contributed by atoms with van der Waals surface area (Å²) in [6, 6.07) is 0. The maximum absolute atomic E-state index is 10.4. The van der Waals surface area contributed by atoms with Gasteiger partial charge in [0.05, 0.1) is 0 Å². The van der Waals surface area contributed by atoms with Crippen molar-refractivity contribution in [3.05, 3.63) is 4.71 Å². The number of hydrogen-bond acceptors (Lipinski definition) is 3. The van der Waals surface area contributed by atoms with Crippen molar-refractivity contribution in [2.75, 3.05) is 6.26 Å². The van der Waals surface area contributed by atoms with Crippen molar-refractivity contribution >= 4 is 27.2 Å². The fourth-order valence-electron chi connectivity index (χ4n) is 0.261. The Labute approximate surface area is 58.9 Å². The number of ketones is 1. The highest BCUT2D eigenvalue weighted by atomic mass is 35.5. The molecule has 3 nitrogen and oxygen atoms in total. The van der Waals surface area contributed by atoms with Gasteiger partial charge in [-0.1, -0.05) is 11.6 Å². The smallest absolute Gasteiger partial charge is 0.242 e. The molecule has 0 aromatic carbocycles. The maximum Gasteiger partial charge on any atom is 0.242 e. The lowest BCUT2D eigenvalue weighted by Crippen LogP contribution is -2.12. The predicted octanol–water partition coefficient (Wildman–Crippen LogP) is 0.348. The molecular weight excluding hydrogens is 164 g/mol. The number of rotatable bonds is 2. The predicted molar refractivity (Wildman–Crippen MR) is 34.6 cm³/mol. The van der Waals surface area contributed by atoms with E-state index in [0.717, 1.165) is 13.2 Å². The summed E-state index contributed by atoms with van der Waals surface area (Å²) in [4.78, 5) is 10.2. The number of carbonyl (C=O) groups excluding carboxylic acids is 1. The molecule has 0 aliphatic heterocycles. The van der Waals surface area contributed by atoms with E-state index in [1.807, 2.05) is 0 Å². The molecule has 0 aromatic rings. The number of sulfone groups is 1. The van der Waals surface area contributed by atoms with Gasteiger partial charge in [0.25, 0.3) is 0 Å². The standard InChI is InChI=1S/C4H6ClO3S/c1-3(6)4(5)9(2,7)8/h1-2H3. The highest BCUT2D eigenvalue weighted by molar-refractivity contribution is 7.96. The van der Waals surface area contributed by atoms with E-state index in [-0.39, 0.29) is 0 Å². The van der Waals surface area contributed by atoms with Gasteiger partial charge in [0.1, 0.15) is 0 Å². The van der Waals surface area contributed by atoms with E-state index in [2.05, 4.69) is 0 Å². The summed E-state index contributed by atoms with van der Waals surface area (Å²) in [5.74, 6) is -0.626. The summed E-state index contributed by atoms with van der Waals surface area (Å²) in [6.07, 6.45) is 0.886. The van der Waals surface area contributed by atoms with Crippen LogP contribution in [0.5, 0.6) is 0 Å². The summed E-state index contributed by atoms with van der Waals surface area (Å²) in [5, 5.41) is 0. The van der Waals surface area contributed by atoms with Gasteiger partial charge in [-0.2, -0.15) is 0 Å². The Morgan fingerprint density at radius 3 is 1.78 bits per heavy atom. The summed E-state index contributed by atoms with van der Waals surface area (Å²) >= 11 is 5.07. The number of Topliss-reactive ketones (excluding diaryl/α,β-unsaturated/α-hetero) is 1. The third-order valence-electron chi connectivity index (χ3n) is 0.602. The van der Waals surface area contributed by atoms with Gasteiger partial charge in [-0.05, 0) is 6.92 Å². The van der Waals surface area contributed by atoms with Crippen LogP contribution in [-0.4, -0.2) is 20.5 Å². The van der Waals surface area contributed by atoms with Gasteiger partial charge in [0, 0.05) is 6.26 Å². The van der Waals surface area contributed by atoms with Gasteiger partial charge in [-0.25, -0.2) is 8.42 Å². The average Bonchev–Trinajstić information content (AvgIpc) is 1.62. The minimum absolute atomic E-state index is 0.609. The van der Waals surface area contributed by atoms with Crippen molar-refractivity contribution in [2.45, 2.75) is 6.92 Å². The Bertz CT molecular complexity index is 206. The fraction of sp³-hybridized carbons (Fsp3) is 0.500. The van der Waals surface area contributed by atoms with E-state index >= 15 is 0 Å². The molecule has 0 unspecified atom stereocenters. The van der Waals surface area contributed by atoms with Crippen LogP contribution >= 0.6 is 11.6 Å². The van der Waals surface area contributed by atoms with Crippen LogP contribution in [0.2, 0.25) is 0 Å². The fourth-order valence-corrected chi connectivity index (χ4v) is 0.783. The van der Waals surface area contributed by atoms with Gasteiger partial charge in [0.15, 0.2) is 15.6 Å². The Morgan fingerprint density at radius 1 is 1.44 bits per heavy atom. The third kappa shape index (κ3) is 2.81. The lowest BCUT2D eigenvalue weighted by Gasteiger charge is -1.97. The molecular formula is C4H6ClO3S. The molecule has 0 bridgehead atoms. The normalized spacial score (nSPS) is 12.0. The van der Waals surface area contributed by atoms with E-state index in [4.69, 9.17) is 11.6 Å². The largest absolute Gasteiger partial charge is 0.297 e. The van der Waals surface area contributed by atoms with Crippen molar-refractivity contribution in [3.8, 4) is 0 Å². The molecule has 0 saturated carbocycles. The van der Waals surface area contributed by atoms with Crippen molar-refractivity contribution in [1.82, 2.24) is 0 Å². The topological polar surface area (TPSA) is 51.2 Å². The van der Waals surface area contributed by atoms with Crippen LogP contribution in [0.4, 0.5) is 0 Å². The molecule has 0 rings (SSSR count). The van der Waals surface area contributed by atoms with Crippen LogP contribution in [0.25, 0.3) is 0 Å². The zero-order valence-corrected chi connectivity index (χ0v) is 6.58. The molecule has 0 aliphatic carbocycles. The number of hydrogen-bond donors (Lipinski definition) is 0. The van der Waals surface area contributed by atoms with Crippen LogP contribution in [0.1, 0.15) is 6.92 Å². The van der Waals surface area contributed by atoms with Gasteiger partial charge in [-0.3, -0.25) is 4.79 Å². The molecule has 53 valence electrons. The average molecular weight is 170 g/mol. The maximum atomic E-state index is 10.4. The number of halogens is 1. The van der Waals surface area contributed by atoms with E-state index in [1.54, 1.807) is 0 Å². The first-order chi connectivity index (χ1) is 3.85. The van der Waals surface area contributed by atoms with E-state index in [0.29, 0.717) is 0 Å². The highest BCUT2D eigenvalue weighted by Gasteiger charge is 2.23. The minimum atomic E-state index is -3.47. The SMILES string of the molecule is CC(=O)[C](Cl)S(C)(=O)=O. The zero-order valence-electron chi connectivity index (χ0n) is 5.01.